The summed E-state index contributed by atoms with van der Waals surface area (Å²) in [7, 11) is -4.98. The summed E-state index contributed by atoms with van der Waals surface area (Å²) in [5.74, 6) is -0.415. The van der Waals surface area contributed by atoms with Gasteiger partial charge in [-0.05, 0) is 44.2 Å². The second kappa shape index (κ2) is 9.56. The molecule has 0 saturated carbocycles. The van der Waals surface area contributed by atoms with E-state index in [4.69, 9.17) is 4.74 Å². The molecule has 2 aromatic rings. The van der Waals surface area contributed by atoms with Gasteiger partial charge in [0.2, 0.25) is 26.0 Å². The number of methoxy groups -OCH3 is 1. The molecule has 164 valence electrons. The first-order valence-electron chi connectivity index (χ1n) is 8.99. The minimum Gasteiger partial charge on any atom is -0.495 e. The van der Waals surface area contributed by atoms with Crippen molar-refractivity contribution < 1.29 is 26.4 Å². The number of hydrogen-bond acceptors (Lipinski definition) is 6. The number of benzene rings is 2. The van der Waals surface area contributed by atoms with Crippen LogP contribution in [0.5, 0.6) is 5.75 Å². The van der Waals surface area contributed by atoms with Gasteiger partial charge in [0.1, 0.15) is 5.75 Å². The number of rotatable bonds is 9. The number of carbonyl (C=O) groups is 1. The van der Waals surface area contributed by atoms with Crippen LogP contribution in [0.1, 0.15) is 13.8 Å². The fourth-order valence-electron chi connectivity index (χ4n) is 2.58. The van der Waals surface area contributed by atoms with Crippen LogP contribution in [0.15, 0.2) is 58.3 Å². The second-order valence-corrected chi connectivity index (χ2v) is 10.5. The topological polar surface area (TPSA) is 122 Å². The maximum absolute atomic E-state index is 12.6. The van der Waals surface area contributed by atoms with Gasteiger partial charge in [0, 0.05) is 13.1 Å². The smallest absolute Gasteiger partial charge is 0.243 e. The van der Waals surface area contributed by atoms with E-state index in [1.54, 1.807) is 32.0 Å². The number of nitrogens with zero attached hydrogens (tertiary/aromatic N) is 1. The van der Waals surface area contributed by atoms with E-state index >= 15 is 0 Å². The van der Waals surface area contributed by atoms with Crippen molar-refractivity contribution in [1.82, 2.24) is 9.03 Å². The molecule has 11 heteroatoms. The standard InChI is InChI=1S/C19H25N3O6S2/c1-14(2)21-29(24,25)16-10-11-18(28-4)17(12-16)20-19(23)13-22(3)30(26,27)15-8-6-5-7-9-15/h5-12,14,21H,13H2,1-4H3,(H,20,23). The van der Waals surface area contributed by atoms with Crippen molar-refractivity contribution in [3.63, 3.8) is 0 Å². The van der Waals surface area contributed by atoms with Crippen LogP contribution < -0.4 is 14.8 Å². The van der Waals surface area contributed by atoms with E-state index in [1.807, 2.05) is 0 Å². The van der Waals surface area contributed by atoms with Gasteiger partial charge in [-0.3, -0.25) is 4.79 Å². The van der Waals surface area contributed by atoms with Crippen molar-refractivity contribution >= 4 is 31.6 Å². The highest BCUT2D eigenvalue weighted by Gasteiger charge is 2.24. The third-order valence-electron chi connectivity index (χ3n) is 3.96. The van der Waals surface area contributed by atoms with Gasteiger partial charge in [-0.25, -0.2) is 21.6 Å². The van der Waals surface area contributed by atoms with Crippen molar-refractivity contribution in [2.24, 2.45) is 0 Å². The van der Waals surface area contributed by atoms with E-state index in [0.29, 0.717) is 0 Å². The summed E-state index contributed by atoms with van der Waals surface area (Å²) >= 11 is 0. The predicted molar refractivity (Wildman–Crippen MR) is 113 cm³/mol. The minimum absolute atomic E-state index is 0.0578. The lowest BCUT2D eigenvalue weighted by molar-refractivity contribution is -0.116. The maximum Gasteiger partial charge on any atom is 0.243 e. The Kier molecular flexibility index (Phi) is 7.59. The molecule has 2 rings (SSSR count). The van der Waals surface area contributed by atoms with Crippen molar-refractivity contribution in [2.45, 2.75) is 29.7 Å². The Morgan fingerprint density at radius 3 is 2.23 bits per heavy atom. The van der Waals surface area contributed by atoms with Crippen LogP contribution >= 0.6 is 0 Å². The highest BCUT2D eigenvalue weighted by atomic mass is 32.2. The van der Waals surface area contributed by atoms with E-state index < -0.39 is 32.5 Å². The summed E-state index contributed by atoms with van der Waals surface area (Å²) in [5.41, 5.74) is 0.111. The molecule has 2 aromatic carbocycles. The summed E-state index contributed by atoms with van der Waals surface area (Å²) in [6.45, 7) is 2.90. The largest absolute Gasteiger partial charge is 0.495 e. The van der Waals surface area contributed by atoms with Crippen LogP contribution in [0.25, 0.3) is 0 Å². The summed E-state index contributed by atoms with van der Waals surface area (Å²) in [5, 5.41) is 2.52. The zero-order chi connectivity index (χ0) is 22.5. The number of sulfonamides is 2. The molecule has 0 spiro atoms. The fourth-order valence-corrected chi connectivity index (χ4v) is 5.00. The normalized spacial score (nSPS) is 12.2. The van der Waals surface area contributed by atoms with E-state index in [2.05, 4.69) is 10.0 Å². The average molecular weight is 456 g/mol. The number of nitrogens with one attached hydrogen (secondary N) is 2. The summed E-state index contributed by atoms with van der Waals surface area (Å²) in [6.07, 6.45) is 0. The molecule has 0 aliphatic carbocycles. The number of hydrogen-bond donors (Lipinski definition) is 2. The van der Waals surface area contributed by atoms with Crippen LogP contribution in [0.2, 0.25) is 0 Å². The average Bonchev–Trinajstić information content (AvgIpc) is 2.67. The summed E-state index contributed by atoms with van der Waals surface area (Å²) in [4.78, 5) is 12.5. The van der Waals surface area contributed by atoms with Gasteiger partial charge in [0.25, 0.3) is 0 Å². The van der Waals surface area contributed by atoms with E-state index in [9.17, 15) is 21.6 Å². The SMILES string of the molecule is COc1ccc(S(=O)(=O)NC(C)C)cc1NC(=O)CN(C)S(=O)(=O)c1ccccc1. The van der Waals surface area contributed by atoms with Crippen LogP contribution in [0.3, 0.4) is 0 Å². The Morgan fingerprint density at radius 2 is 1.67 bits per heavy atom. The van der Waals surface area contributed by atoms with Crippen LogP contribution in [-0.2, 0) is 24.8 Å². The molecular weight excluding hydrogens is 430 g/mol. The van der Waals surface area contributed by atoms with Crippen molar-refractivity contribution in [1.29, 1.82) is 0 Å². The molecule has 0 unspecified atom stereocenters. The minimum atomic E-state index is -3.85. The second-order valence-electron chi connectivity index (χ2n) is 6.76. The van der Waals surface area contributed by atoms with Gasteiger partial charge in [0.15, 0.2) is 0 Å². The van der Waals surface area contributed by atoms with Gasteiger partial charge in [-0.15, -0.1) is 0 Å². The van der Waals surface area contributed by atoms with Crippen LogP contribution in [-0.4, -0.2) is 53.8 Å². The molecular formula is C19H25N3O6S2. The Morgan fingerprint density at radius 1 is 1.03 bits per heavy atom. The lowest BCUT2D eigenvalue weighted by Crippen LogP contribution is -2.35. The molecule has 0 saturated heterocycles. The van der Waals surface area contributed by atoms with E-state index in [-0.39, 0.29) is 27.3 Å². The van der Waals surface area contributed by atoms with E-state index in [1.165, 1.54) is 44.5 Å². The van der Waals surface area contributed by atoms with Crippen molar-refractivity contribution in [3.8, 4) is 5.75 Å². The first-order chi connectivity index (χ1) is 14.0. The van der Waals surface area contributed by atoms with Crippen LogP contribution in [0, 0.1) is 0 Å². The van der Waals surface area contributed by atoms with Crippen LogP contribution in [0.4, 0.5) is 5.69 Å². The molecule has 1 amide bonds. The number of anilines is 1. The molecule has 30 heavy (non-hydrogen) atoms. The summed E-state index contributed by atoms with van der Waals surface area (Å²) in [6, 6.07) is 11.4. The van der Waals surface area contributed by atoms with Crippen molar-refractivity contribution in [2.75, 3.05) is 26.0 Å². The zero-order valence-electron chi connectivity index (χ0n) is 17.1. The molecule has 0 fully saturated rings. The van der Waals surface area contributed by atoms with Gasteiger partial charge in [-0.1, -0.05) is 18.2 Å². The van der Waals surface area contributed by atoms with Gasteiger partial charge < -0.3 is 10.1 Å². The molecule has 0 aliphatic heterocycles. The number of carbonyl (C=O) groups excluding carboxylic acids is 1. The number of amides is 1. The highest BCUT2D eigenvalue weighted by Crippen LogP contribution is 2.27. The van der Waals surface area contributed by atoms with E-state index in [0.717, 1.165) is 4.31 Å². The third-order valence-corrected chi connectivity index (χ3v) is 7.44. The molecule has 0 aliphatic rings. The third kappa shape index (κ3) is 5.79. The molecule has 0 aromatic heterocycles. The summed E-state index contributed by atoms with van der Waals surface area (Å²) < 4.78 is 58.5. The van der Waals surface area contributed by atoms with Gasteiger partial charge in [-0.2, -0.15) is 4.31 Å². The Labute approximate surface area is 177 Å². The van der Waals surface area contributed by atoms with Gasteiger partial charge >= 0.3 is 0 Å². The maximum atomic E-state index is 12.6. The van der Waals surface area contributed by atoms with Crippen molar-refractivity contribution in [3.05, 3.63) is 48.5 Å². The highest BCUT2D eigenvalue weighted by molar-refractivity contribution is 7.89. The Balaban J connectivity index is 2.22. The first-order valence-corrected chi connectivity index (χ1v) is 11.9. The monoisotopic (exact) mass is 455 g/mol. The first kappa shape index (κ1) is 23.8. The lowest BCUT2D eigenvalue weighted by Gasteiger charge is -2.18. The molecule has 0 atom stereocenters. The zero-order valence-corrected chi connectivity index (χ0v) is 18.7. The fraction of sp³-hybridized carbons (Fsp3) is 0.316. The molecule has 0 bridgehead atoms. The molecule has 0 heterocycles. The number of ether oxygens (including phenoxy) is 1. The molecule has 0 radical (unpaired) electrons. The Bertz CT molecular complexity index is 1100. The number of likely N-dealkylation sites (N-methyl/N-ethyl adjacent to an activating group) is 1. The molecule has 2 N–H and O–H groups in total. The quantitative estimate of drug-likeness (QED) is 0.593. The lowest BCUT2D eigenvalue weighted by atomic mass is 10.3. The Hall–Kier alpha value is -2.47. The predicted octanol–water partition coefficient (Wildman–Crippen LogP) is 1.64. The van der Waals surface area contributed by atoms with Gasteiger partial charge in [0.05, 0.1) is 29.1 Å². The molecule has 9 nitrogen and oxygen atoms in total.